The minimum atomic E-state index is -5.30. The van der Waals surface area contributed by atoms with Crippen molar-refractivity contribution in [2.24, 2.45) is 0 Å². The Balaban J connectivity index is -0.0000000825. The SMILES string of the molecule is C#CC#CC#CC#CC#CC(=O)OC[C@H](COP(=O)([O-])[O-])OC(=O)CCCCCCCCCC.S.[HH].[HH].[HH].[HH].[HH].[HH].[HH].[HH].[HH].[Na+].[Na+]. The Morgan fingerprint density at radius 1 is 0.865 bits per heavy atom. The van der Waals surface area contributed by atoms with Crippen LogP contribution >= 0.6 is 21.3 Å². The average molecular weight is 585 g/mol. The molecular weight excluding hydrogens is 537 g/mol. The van der Waals surface area contributed by atoms with Gasteiger partial charge in [0.2, 0.25) is 0 Å². The molecule has 0 aromatic rings. The van der Waals surface area contributed by atoms with E-state index in [9.17, 15) is 23.9 Å². The Morgan fingerprint density at radius 3 is 1.92 bits per heavy atom. The van der Waals surface area contributed by atoms with Crippen LogP contribution in [0.2, 0.25) is 0 Å². The molecule has 0 heterocycles. The zero-order valence-corrected chi connectivity index (χ0v) is 27.5. The molecule has 0 spiro atoms. The van der Waals surface area contributed by atoms with Crippen molar-refractivity contribution in [1.29, 1.82) is 0 Å². The maximum atomic E-state index is 12.0. The number of terminal acetylenes is 1. The molecule has 0 amide bonds. The molecule has 208 valence electrons. The summed E-state index contributed by atoms with van der Waals surface area (Å²) in [6.45, 7) is 0.826. The summed E-state index contributed by atoms with van der Waals surface area (Å²) in [4.78, 5) is 45.1. The number of phosphoric ester groups is 1. The van der Waals surface area contributed by atoms with E-state index in [2.05, 4.69) is 64.7 Å². The van der Waals surface area contributed by atoms with Crippen LogP contribution in [-0.2, 0) is 28.2 Å². The van der Waals surface area contributed by atoms with Gasteiger partial charge in [0.05, 0.1) is 14.4 Å². The van der Waals surface area contributed by atoms with E-state index in [0.717, 1.165) is 25.7 Å². The van der Waals surface area contributed by atoms with Crippen LogP contribution in [0, 0.1) is 59.7 Å². The molecule has 0 rings (SSSR count). The first-order valence-electron chi connectivity index (χ1n) is 10.8. The predicted molar refractivity (Wildman–Crippen MR) is 151 cm³/mol. The first-order chi connectivity index (χ1) is 16.3. The molecule has 0 radical (unpaired) electrons. The number of rotatable bonds is 15. The van der Waals surface area contributed by atoms with Gasteiger partial charge < -0.3 is 28.3 Å². The smallest absolute Gasteiger partial charge is 0.790 e. The number of carbonyl (C=O) groups excluding carboxylic acids is 2. The van der Waals surface area contributed by atoms with Crippen LogP contribution in [0.4, 0.5) is 0 Å². The van der Waals surface area contributed by atoms with Crippen molar-refractivity contribution < 1.29 is 110 Å². The Bertz CT molecular complexity index is 1020. The van der Waals surface area contributed by atoms with Gasteiger partial charge in [-0.2, -0.15) is 13.5 Å². The molecule has 0 aromatic carbocycles. The van der Waals surface area contributed by atoms with Crippen molar-refractivity contribution in [1.82, 2.24) is 0 Å². The standard InChI is InChI=1S/C25H29O8P.2Na.H2S.9H2/c1-3-5-7-9-11-13-15-17-19-24(26)31-21-23(22-32-34(28,29)30)33-25(27)20-18-16-14-12-10-8-6-4-2;;;;;;;;;;;;/h1,23H,4,6,8,10,12,14,16,18,20-22H2,2H3,(H2,28,29,30);;;1H2;9*1H/q;2*+1;;;;;;;;;;/p-2/t23-;;;;;;;;;;;;/m1............/s1. The van der Waals surface area contributed by atoms with Gasteiger partial charge in [0.15, 0.2) is 6.10 Å². The number of ether oxygens (including phenoxy) is 2. The van der Waals surface area contributed by atoms with Crippen LogP contribution < -0.4 is 68.9 Å². The molecule has 1 atom stereocenters. The number of carbonyl (C=O) groups is 2. The van der Waals surface area contributed by atoms with Gasteiger partial charge in [-0.1, -0.05) is 51.9 Å². The molecule has 0 aliphatic carbocycles. The molecule has 0 saturated carbocycles. The second-order valence-electron chi connectivity index (χ2n) is 6.82. The van der Waals surface area contributed by atoms with E-state index in [1.165, 1.54) is 19.3 Å². The van der Waals surface area contributed by atoms with Gasteiger partial charge in [0, 0.05) is 25.2 Å². The molecule has 0 saturated heterocycles. The second-order valence-corrected chi connectivity index (χ2v) is 7.98. The van der Waals surface area contributed by atoms with Crippen LogP contribution in [-0.4, -0.2) is 31.3 Å². The zero-order valence-electron chi connectivity index (χ0n) is 21.6. The molecule has 0 aliphatic rings. The van der Waals surface area contributed by atoms with Crippen molar-refractivity contribution in [3.63, 3.8) is 0 Å². The largest absolute Gasteiger partial charge is 1.00 e. The zero-order chi connectivity index (χ0) is 25.5. The Kier molecular flexibility index (Phi) is 34.8. The minimum absolute atomic E-state index is 0. The molecular formula is C25H47Na2O8PS. The van der Waals surface area contributed by atoms with Gasteiger partial charge in [-0.15, -0.1) is 6.42 Å². The number of hydrogen-bond acceptors (Lipinski definition) is 8. The molecule has 0 unspecified atom stereocenters. The first kappa shape index (κ1) is 43.3. The summed E-state index contributed by atoms with van der Waals surface area (Å²) in [6.07, 6.45) is 12.1. The number of unbranched alkanes of at least 4 members (excludes halogenated alkanes) is 7. The Labute approximate surface area is 285 Å². The molecule has 12 heteroatoms. The van der Waals surface area contributed by atoms with E-state index >= 15 is 0 Å². The van der Waals surface area contributed by atoms with Crippen LogP contribution in [0.15, 0.2) is 0 Å². The molecule has 8 nitrogen and oxygen atoms in total. The summed E-state index contributed by atoms with van der Waals surface area (Å²) >= 11 is 0. The van der Waals surface area contributed by atoms with Crippen LogP contribution in [0.25, 0.3) is 0 Å². The summed E-state index contributed by atoms with van der Waals surface area (Å²) in [5.74, 6) is 18.5. The number of esters is 2. The monoisotopic (exact) mass is 584 g/mol. The summed E-state index contributed by atoms with van der Waals surface area (Å²) < 4.78 is 24.8. The topological polar surface area (TPSA) is 125 Å². The fourth-order valence-corrected chi connectivity index (χ4v) is 2.77. The van der Waals surface area contributed by atoms with E-state index < -0.39 is 39.1 Å². The fraction of sp³-hybridized carbons (Fsp3) is 0.520. The van der Waals surface area contributed by atoms with Crippen LogP contribution in [0.3, 0.4) is 0 Å². The first-order valence-corrected chi connectivity index (χ1v) is 12.2. The van der Waals surface area contributed by atoms with Gasteiger partial charge in [-0.25, -0.2) is 4.79 Å². The minimum Gasteiger partial charge on any atom is -0.790 e. The molecule has 0 aromatic heterocycles. The van der Waals surface area contributed by atoms with Crippen molar-refractivity contribution in [2.45, 2.75) is 70.8 Å². The van der Waals surface area contributed by atoms with Gasteiger partial charge in [0.1, 0.15) is 6.61 Å². The summed E-state index contributed by atoms with van der Waals surface area (Å²) in [5, 5.41) is 0. The van der Waals surface area contributed by atoms with Gasteiger partial charge in [-0.05, 0) is 53.8 Å². The number of hydrogen-bond donors (Lipinski definition) is 0. The fourth-order valence-electron chi connectivity index (χ4n) is 2.42. The van der Waals surface area contributed by atoms with E-state index in [0.29, 0.717) is 6.42 Å². The van der Waals surface area contributed by atoms with Gasteiger partial charge >= 0.3 is 71.1 Å². The molecule has 37 heavy (non-hydrogen) atoms. The molecule has 0 aliphatic heterocycles. The third-order valence-electron chi connectivity index (χ3n) is 3.96. The maximum Gasteiger partial charge on any atom is 1.00 e. The van der Waals surface area contributed by atoms with Gasteiger partial charge in [-0.3, -0.25) is 4.79 Å². The molecule has 0 bridgehead atoms. The van der Waals surface area contributed by atoms with Crippen LogP contribution in [0.1, 0.15) is 77.6 Å². The summed E-state index contributed by atoms with van der Waals surface area (Å²) in [7, 11) is -5.30. The van der Waals surface area contributed by atoms with Crippen molar-refractivity contribution >= 4 is 33.3 Å². The second kappa shape index (κ2) is 29.8. The molecule has 0 fully saturated rings. The van der Waals surface area contributed by atoms with Crippen LogP contribution in [0.5, 0.6) is 0 Å². The Morgan fingerprint density at radius 2 is 1.38 bits per heavy atom. The summed E-state index contributed by atoms with van der Waals surface area (Å²) in [5.41, 5.74) is 0. The van der Waals surface area contributed by atoms with E-state index in [1.54, 1.807) is 0 Å². The predicted octanol–water partition coefficient (Wildman–Crippen LogP) is -2.20. The van der Waals surface area contributed by atoms with E-state index in [1.807, 2.05) is 0 Å². The number of phosphoric acid groups is 1. The summed E-state index contributed by atoms with van der Waals surface area (Å²) in [6, 6.07) is 0. The molecule has 0 N–H and O–H groups in total. The van der Waals surface area contributed by atoms with Gasteiger partial charge in [0.25, 0.3) is 0 Å². The van der Waals surface area contributed by atoms with E-state index in [-0.39, 0.29) is 91.9 Å². The quantitative estimate of drug-likeness (QED) is 0.0531. The van der Waals surface area contributed by atoms with E-state index in [4.69, 9.17) is 15.9 Å². The third-order valence-corrected chi connectivity index (χ3v) is 4.43. The normalized spacial score (nSPS) is 9.46. The van der Waals surface area contributed by atoms with Crippen molar-refractivity contribution in [3.05, 3.63) is 0 Å². The average Bonchev–Trinajstić information content (AvgIpc) is 2.78. The Hall–Kier alpha value is -0.800. The van der Waals surface area contributed by atoms with Crippen molar-refractivity contribution in [2.75, 3.05) is 13.2 Å². The maximum absolute atomic E-state index is 12.0. The third kappa shape index (κ3) is 33.2. The van der Waals surface area contributed by atoms with Crippen molar-refractivity contribution in [3.8, 4) is 59.7 Å².